The molecule has 0 spiro atoms. The Bertz CT molecular complexity index is 640. The van der Waals surface area contributed by atoms with E-state index in [1.807, 2.05) is 0 Å². The van der Waals surface area contributed by atoms with E-state index in [0.29, 0.717) is 5.02 Å². The van der Waals surface area contributed by atoms with Gasteiger partial charge in [-0.2, -0.15) is 13.2 Å². The molecule has 0 bridgehead atoms. The van der Waals surface area contributed by atoms with E-state index in [1.54, 1.807) is 31.2 Å². The topological polar surface area (TPSA) is 12.0 Å². The highest BCUT2D eigenvalue weighted by molar-refractivity contribution is 6.31. The number of hydrogen-bond donors (Lipinski definition) is 1. The van der Waals surface area contributed by atoms with Gasteiger partial charge in [0.15, 0.2) is 0 Å². The minimum absolute atomic E-state index is 0.177. The quantitative estimate of drug-likeness (QED) is 0.719. The van der Waals surface area contributed by atoms with Gasteiger partial charge in [0.25, 0.3) is 0 Å². The van der Waals surface area contributed by atoms with Crippen LogP contribution in [-0.2, 0) is 6.18 Å². The third-order valence-electron chi connectivity index (χ3n) is 3.03. The zero-order valence-corrected chi connectivity index (χ0v) is 11.8. The summed E-state index contributed by atoms with van der Waals surface area (Å²) < 4.78 is 51.2. The summed E-state index contributed by atoms with van der Waals surface area (Å²) in [6.45, 7) is 1.76. The Balaban J connectivity index is 2.26. The molecule has 0 heterocycles. The van der Waals surface area contributed by atoms with Crippen LogP contribution in [0.5, 0.6) is 0 Å². The molecule has 6 heteroatoms. The molecule has 0 amide bonds. The zero-order valence-electron chi connectivity index (χ0n) is 11.0. The molecular formula is C15H12ClF4N. The largest absolute Gasteiger partial charge is 0.419 e. The van der Waals surface area contributed by atoms with Crippen LogP contribution in [0.25, 0.3) is 0 Å². The third-order valence-corrected chi connectivity index (χ3v) is 3.37. The van der Waals surface area contributed by atoms with Gasteiger partial charge in [-0.1, -0.05) is 29.8 Å². The highest BCUT2D eigenvalue weighted by atomic mass is 35.5. The van der Waals surface area contributed by atoms with E-state index in [1.165, 1.54) is 6.07 Å². The van der Waals surface area contributed by atoms with Gasteiger partial charge in [-0.05, 0) is 36.8 Å². The first-order chi connectivity index (χ1) is 9.79. The highest BCUT2D eigenvalue weighted by Crippen LogP contribution is 2.34. The van der Waals surface area contributed by atoms with Gasteiger partial charge in [0.2, 0.25) is 0 Å². The van der Waals surface area contributed by atoms with Gasteiger partial charge in [0.05, 0.1) is 5.56 Å². The van der Waals surface area contributed by atoms with Crippen LogP contribution < -0.4 is 5.32 Å². The van der Waals surface area contributed by atoms with Crippen molar-refractivity contribution in [2.45, 2.75) is 19.1 Å². The standard InChI is InChI=1S/C15H12ClF4N/c1-9(11-4-2-3-5-13(11)16)21-10-6-7-14(17)12(8-10)15(18,19)20/h2-9,21H,1H3. The lowest BCUT2D eigenvalue weighted by Gasteiger charge is -2.18. The molecule has 0 aliphatic rings. The van der Waals surface area contributed by atoms with Gasteiger partial charge in [-0.25, -0.2) is 4.39 Å². The summed E-state index contributed by atoms with van der Waals surface area (Å²) in [4.78, 5) is 0. The number of hydrogen-bond acceptors (Lipinski definition) is 1. The molecule has 0 radical (unpaired) electrons. The van der Waals surface area contributed by atoms with Crippen LogP contribution in [0.3, 0.4) is 0 Å². The molecule has 2 aromatic rings. The Morgan fingerprint density at radius 2 is 1.76 bits per heavy atom. The van der Waals surface area contributed by atoms with Crippen LogP contribution >= 0.6 is 11.6 Å². The van der Waals surface area contributed by atoms with Crippen LogP contribution in [0.4, 0.5) is 23.2 Å². The van der Waals surface area contributed by atoms with Crippen molar-refractivity contribution in [1.29, 1.82) is 0 Å². The summed E-state index contributed by atoms with van der Waals surface area (Å²) in [5, 5.41) is 3.40. The Labute approximate surface area is 124 Å². The Morgan fingerprint density at radius 1 is 1.10 bits per heavy atom. The molecule has 0 aliphatic heterocycles. The molecule has 0 saturated carbocycles. The van der Waals surface area contributed by atoms with Gasteiger partial charge in [-0.15, -0.1) is 0 Å². The highest BCUT2D eigenvalue weighted by Gasteiger charge is 2.34. The molecule has 0 fully saturated rings. The smallest absolute Gasteiger partial charge is 0.378 e. The van der Waals surface area contributed by atoms with Crippen molar-refractivity contribution in [2.75, 3.05) is 5.32 Å². The SMILES string of the molecule is CC(Nc1ccc(F)c(C(F)(F)F)c1)c1ccccc1Cl. The van der Waals surface area contributed by atoms with Gasteiger partial charge in [0, 0.05) is 16.8 Å². The Kier molecular flexibility index (Phi) is 4.42. The molecule has 1 nitrogen and oxygen atoms in total. The Hall–Kier alpha value is -1.75. The normalized spacial score (nSPS) is 13.0. The number of halogens is 5. The van der Waals surface area contributed by atoms with Crippen LogP contribution in [-0.4, -0.2) is 0 Å². The van der Waals surface area contributed by atoms with E-state index in [9.17, 15) is 17.6 Å². The lowest BCUT2D eigenvalue weighted by molar-refractivity contribution is -0.139. The second-order valence-corrected chi connectivity index (χ2v) is 4.99. The predicted molar refractivity (Wildman–Crippen MR) is 74.9 cm³/mol. The first kappa shape index (κ1) is 15.6. The maximum absolute atomic E-state index is 13.2. The molecule has 112 valence electrons. The van der Waals surface area contributed by atoms with Crippen molar-refractivity contribution in [1.82, 2.24) is 0 Å². The fourth-order valence-electron chi connectivity index (χ4n) is 1.99. The van der Waals surface area contributed by atoms with Gasteiger partial charge >= 0.3 is 6.18 Å². The maximum atomic E-state index is 13.2. The average Bonchev–Trinajstić information content (AvgIpc) is 2.40. The molecule has 1 atom stereocenters. The molecule has 0 aromatic heterocycles. The third kappa shape index (κ3) is 3.67. The molecule has 0 aliphatic carbocycles. The van der Waals surface area contributed by atoms with Gasteiger partial charge < -0.3 is 5.32 Å². The summed E-state index contributed by atoms with van der Waals surface area (Å²) >= 11 is 6.03. The summed E-state index contributed by atoms with van der Waals surface area (Å²) in [6.07, 6.45) is -4.73. The van der Waals surface area contributed by atoms with Crippen LogP contribution in [0.1, 0.15) is 24.1 Å². The number of benzene rings is 2. The van der Waals surface area contributed by atoms with Crippen LogP contribution in [0.15, 0.2) is 42.5 Å². The number of nitrogens with one attached hydrogen (secondary N) is 1. The second kappa shape index (κ2) is 5.93. The minimum atomic E-state index is -4.73. The first-order valence-corrected chi connectivity index (χ1v) is 6.54. The van der Waals surface area contributed by atoms with E-state index >= 15 is 0 Å². The maximum Gasteiger partial charge on any atom is 0.419 e. The van der Waals surface area contributed by atoms with E-state index in [4.69, 9.17) is 11.6 Å². The van der Waals surface area contributed by atoms with E-state index in [2.05, 4.69) is 5.32 Å². The number of anilines is 1. The zero-order chi connectivity index (χ0) is 15.6. The molecule has 1 N–H and O–H groups in total. The lowest BCUT2D eigenvalue weighted by Crippen LogP contribution is -2.11. The van der Waals surface area contributed by atoms with E-state index < -0.39 is 17.6 Å². The molecule has 0 saturated heterocycles. The minimum Gasteiger partial charge on any atom is -0.378 e. The van der Waals surface area contributed by atoms with Crippen LogP contribution in [0.2, 0.25) is 5.02 Å². The molecule has 1 unspecified atom stereocenters. The van der Waals surface area contributed by atoms with E-state index in [-0.39, 0.29) is 11.7 Å². The summed E-state index contributed by atoms with van der Waals surface area (Å²) in [6, 6.07) is 9.51. The fraction of sp³-hybridized carbons (Fsp3) is 0.200. The first-order valence-electron chi connectivity index (χ1n) is 6.16. The van der Waals surface area contributed by atoms with Crippen molar-refractivity contribution in [3.8, 4) is 0 Å². The van der Waals surface area contributed by atoms with E-state index in [0.717, 1.165) is 17.7 Å². The fourth-order valence-corrected chi connectivity index (χ4v) is 2.29. The Morgan fingerprint density at radius 3 is 2.38 bits per heavy atom. The molecular weight excluding hydrogens is 306 g/mol. The number of rotatable bonds is 3. The van der Waals surface area contributed by atoms with Crippen molar-refractivity contribution < 1.29 is 17.6 Å². The van der Waals surface area contributed by atoms with Crippen molar-refractivity contribution in [3.63, 3.8) is 0 Å². The summed E-state index contributed by atoms with van der Waals surface area (Å²) in [5.41, 5.74) is -0.368. The molecule has 2 aromatic carbocycles. The predicted octanol–water partition coefficient (Wildman–Crippen LogP) is 5.67. The average molecular weight is 318 g/mol. The molecule has 21 heavy (non-hydrogen) atoms. The van der Waals surface area contributed by atoms with Gasteiger partial charge in [-0.3, -0.25) is 0 Å². The van der Waals surface area contributed by atoms with Crippen molar-refractivity contribution in [3.05, 3.63) is 64.4 Å². The van der Waals surface area contributed by atoms with Crippen molar-refractivity contribution >= 4 is 17.3 Å². The molecule has 2 rings (SSSR count). The van der Waals surface area contributed by atoms with Crippen molar-refractivity contribution in [2.24, 2.45) is 0 Å². The monoisotopic (exact) mass is 317 g/mol. The van der Waals surface area contributed by atoms with Crippen LogP contribution in [0, 0.1) is 5.82 Å². The lowest BCUT2D eigenvalue weighted by atomic mass is 10.1. The van der Waals surface area contributed by atoms with Gasteiger partial charge in [0.1, 0.15) is 5.82 Å². The summed E-state index contributed by atoms with van der Waals surface area (Å²) in [7, 11) is 0. The summed E-state index contributed by atoms with van der Waals surface area (Å²) in [5.74, 6) is -1.29. The second-order valence-electron chi connectivity index (χ2n) is 4.58. The number of alkyl halides is 3.